The largest absolute Gasteiger partial charge is 0.481 e. The Morgan fingerprint density at radius 1 is 1.42 bits per heavy atom. The third kappa shape index (κ3) is 6.36. The summed E-state index contributed by atoms with van der Waals surface area (Å²) in [6, 6.07) is 0.171. The van der Waals surface area contributed by atoms with Gasteiger partial charge in [0.25, 0.3) is 0 Å². The molecule has 0 aliphatic carbocycles. The molecule has 0 atom stereocenters. The minimum absolute atomic E-state index is 0.171. The van der Waals surface area contributed by atoms with Gasteiger partial charge in [-0.2, -0.15) is 0 Å². The summed E-state index contributed by atoms with van der Waals surface area (Å²) in [7, 11) is -2.00. The maximum absolute atomic E-state index is 10.5. The molecule has 0 aliphatic rings. The molecular formula is C8H18O3Si. The molecule has 0 fully saturated rings. The molecular weight excluding hydrogens is 172 g/mol. The number of hydrogen-bond donors (Lipinski definition) is 1. The number of carboxylic acid groups (broad SMARTS) is 1. The van der Waals surface area contributed by atoms with Gasteiger partial charge in [-0.05, 0) is 33.9 Å². The lowest BCUT2D eigenvalue weighted by Crippen LogP contribution is -2.40. The Labute approximate surface area is 74.9 Å². The van der Waals surface area contributed by atoms with Crippen molar-refractivity contribution in [2.24, 2.45) is 0 Å². The van der Waals surface area contributed by atoms with Gasteiger partial charge in [0, 0.05) is 5.60 Å². The molecule has 0 amide bonds. The third-order valence-electron chi connectivity index (χ3n) is 1.16. The van der Waals surface area contributed by atoms with E-state index in [1.54, 1.807) is 0 Å². The van der Waals surface area contributed by atoms with Gasteiger partial charge in [-0.3, -0.25) is 4.79 Å². The molecule has 0 rings (SSSR count). The van der Waals surface area contributed by atoms with Crippen LogP contribution in [0.25, 0.3) is 0 Å². The van der Waals surface area contributed by atoms with Crippen LogP contribution in [-0.2, 0) is 9.22 Å². The minimum Gasteiger partial charge on any atom is -0.481 e. The fourth-order valence-corrected chi connectivity index (χ4v) is 3.69. The fourth-order valence-electron chi connectivity index (χ4n) is 1.23. The fraction of sp³-hybridized carbons (Fsp3) is 0.875. The highest BCUT2D eigenvalue weighted by Crippen LogP contribution is 2.19. The summed E-state index contributed by atoms with van der Waals surface area (Å²) in [5.41, 5.74) is -0.231. The Bertz CT molecular complexity index is 170. The molecule has 0 aromatic carbocycles. The number of aliphatic carboxylic acids is 1. The monoisotopic (exact) mass is 190 g/mol. The summed E-state index contributed by atoms with van der Waals surface area (Å²) in [5, 5.41) is 8.60. The van der Waals surface area contributed by atoms with Crippen LogP contribution in [0.4, 0.5) is 0 Å². The van der Waals surface area contributed by atoms with E-state index in [0.717, 1.165) is 0 Å². The molecule has 0 aromatic heterocycles. The lowest BCUT2D eigenvalue weighted by molar-refractivity contribution is -0.134. The average molecular weight is 190 g/mol. The number of rotatable bonds is 3. The molecule has 0 unspecified atom stereocenters. The molecule has 0 aliphatic heterocycles. The van der Waals surface area contributed by atoms with Gasteiger partial charge in [-0.1, -0.05) is 0 Å². The summed E-state index contributed by atoms with van der Waals surface area (Å²) in [4.78, 5) is 10.5. The highest BCUT2D eigenvalue weighted by atomic mass is 28.4. The molecule has 0 heterocycles. The summed E-state index contributed by atoms with van der Waals surface area (Å²) >= 11 is 0. The first-order valence-electron chi connectivity index (χ1n) is 4.04. The van der Waals surface area contributed by atoms with Crippen LogP contribution in [-0.4, -0.2) is 25.0 Å². The van der Waals surface area contributed by atoms with E-state index in [1.807, 2.05) is 33.9 Å². The van der Waals surface area contributed by atoms with Crippen LogP contribution in [0.3, 0.4) is 0 Å². The van der Waals surface area contributed by atoms with E-state index in [1.165, 1.54) is 0 Å². The van der Waals surface area contributed by atoms with Crippen LogP contribution >= 0.6 is 0 Å². The second-order valence-corrected chi connectivity index (χ2v) is 8.62. The van der Waals surface area contributed by atoms with Crippen LogP contribution in [0.15, 0.2) is 0 Å². The van der Waals surface area contributed by atoms with Gasteiger partial charge in [0.05, 0.1) is 6.04 Å². The highest BCUT2D eigenvalue weighted by Gasteiger charge is 2.30. The van der Waals surface area contributed by atoms with Gasteiger partial charge in [0.1, 0.15) is 0 Å². The Morgan fingerprint density at radius 2 is 1.83 bits per heavy atom. The van der Waals surface area contributed by atoms with Crippen molar-refractivity contribution in [3.05, 3.63) is 0 Å². The van der Waals surface area contributed by atoms with Crippen molar-refractivity contribution in [1.82, 2.24) is 0 Å². The topological polar surface area (TPSA) is 46.5 Å². The molecule has 0 bridgehead atoms. The van der Waals surface area contributed by atoms with Gasteiger partial charge in [0.15, 0.2) is 8.32 Å². The van der Waals surface area contributed by atoms with E-state index < -0.39 is 14.3 Å². The van der Waals surface area contributed by atoms with Crippen molar-refractivity contribution in [2.75, 3.05) is 0 Å². The number of hydrogen-bond acceptors (Lipinski definition) is 2. The highest BCUT2D eigenvalue weighted by molar-refractivity contribution is 6.73. The van der Waals surface area contributed by atoms with E-state index in [0.29, 0.717) is 0 Å². The predicted molar refractivity (Wildman–Crippen MR) is 50.8 cm³/mol. The lowest BCUT2D eigenvalue weighted by Gasteiger charge is -2.31. The zero-order valence-corrected chi connectivity index (χ0v) is 9.47. The van der Waals surface area contributed by atoms with Crippen LogP contribution in [0.2, 0.25) is 19.1 Å². The normalized spacial score (nSPS) is 13.1. The zero-order chi connectivity index (χ0) is 9.99. The maximum Gasteiger partial charge on any atom is 0.302 e. The summed E-state index contributed by atoms with van der Waals surface area (Å²) < 4.78 is 5.69. The second kappa shape index (κ2) is 3.58. The van der Waals surface area contributed by atoms with E-state index in [2.05, 4.69) is 0 Å². The summed E-state index contributed by atoms with van der Waals surface area (Å²) in [6.45, 7) is 9.69. The Balaban J connectivity index is 4.13. The van der Waals surface area contributed by atoms with Crippen LogP contribution in [0, 0.1) is 0 Å². The SMILES string of the molecule is CC(C)(C)O[Si](C)(C)CC(=O)O. The van der Waals surface area contributed by atoms with E-state index in [-0.39, 0.29) is 11.6 Å². The average Bonchev–Trinajstić information content (AvgIpc) is 1.48. The van der Waals surface area contributed by atoms with E-state index >= 15 is 0 Å². The predicted octanol–water partition coefficient (Wildman–Crippen LogP) is 2.09. The van der Waals surface area contributed by atoms with Gasteiger partial charge in [0.2, 0.25) is 0 Å². The second-order valence-electron chi connectivity index (χ2n) is 4.54. The van der Waals surface area contributed by atoms with Crippen molar-refractivity contribution in [2.45, 2.75) is 45.5 Å². The van der Waals surface area contributed by atoms with E-state index in [9.17, 15) is 4.79 Å². The first-order valence-corrected chi connectivity index (χ1v) is 7.16. The quantitative estimate of drug-likeness (QED) is 0.693. The minimum atomic E-state index is -2.00. The van der Waals surface area contributed by atoms with Gasteiger partial charge < -0.3 is 9.53 Å². The summed E-state index contributed by atoms with van der Waals surface area (Å²) in [6.07, 6.45) is 0. The molecule has 0 spiro atoms. The van der Waals surface area contributed by atoms with Crippen LogP contribution in [0.1, 0.15) is 20.8 Å². The van der Waals surface area contributed by atoms with Crippen molar-refractivity contribution < 1.29 is 14.3 Å². The van der Waals surface area contributed by atoms with Gasteiger partial charge in [-0.25, -0.2) is 0 Å². The first-order chi connectivity index (χ1) is 5.12. The Hall–Kier alpha value is -0.353. The van der Waals surface area contributed by atoms with Crippen LogP contribution < -0.4 is 0 Å². The molecule has 1 N–H and O–H groups in total. The van der Waals surface area contributed by atoms with Crippen LogP contribution in [0.5, 0.6) is 0 Å². The third-order valence-corrected chi connectivity index (χ3v) is 3.48. The smallest absolute Gasteiger partial charge is 0.302 e. The zero-order valence-electron chi connectivity index (χ0n) is 8.47. The molecule has 4 heteroatoms. The first kappa shape index (κ1) is 11.6. The Kier molecular flexibility index (Phi) is 3.47. The number of carbonyl (C=O) groups is 1. The molecule has 3 nitrogen and oxygen atoms in total. The standard InChI is InChI=1S/C8H18O3Si/c1-8(2,3)11-12(4,5)6-7(9)10/h6H2,1-5H3,(H,9,10). The van der Waals surface area contributed by atoms with Crippen molar-refractivity contribution >= 4 is 14.3 Å². The molecule has 0 aromatic rings. The molecule has 0 saturated carbocycles. The van der Waals surface area contributed by atoms with Gasteiger partial charge in [-0.15, -0.1) is 0 Å². The molecule has 0 radical (unpaired) electrons. The Morgan fingerprint density at radius 3 is 2.08 bits per heavy atom. The summed E-state index contributed by atoms with van der Waals surface area (Å²) in [5.74, 6) is -0.768. The van der Waals surface area contributed by atoms with Crippen molar-refractivity contribution in [1.29, 1.82) is 0 Å². The van der Waals surface area contributed by atoms with Gasteiger partial charge >= 0.3 is 5.97 Å². The lowest BCUT2D eigenvalue weighted by atomic mass is 10.2. The number of carboxylic acids is 1. The molecule has 12 heavy (non-hydrogen) atoms. The van der Waals surface area contributed by atoms with E-state index in [4.69, 9.17) is 9.53 Å². The molecule has 0 saturated heterocycles. The maximum atomic E-state index is 10.5. The molecule has 72 valence electrons. The van der Waals surface area contributed by atoms with Crippen molar-refractivity contribution in [3.8, 4) is 0 Å². The van der Waals surface area contributed by atoms with Crippen molar-refractivity contribution in [3.63, 3.8) is 0 Å².